The van der Waals surface area contributed by atoms with E-state index in [1.54, 1.807) is 17.6 Å². The molecule has 3 heteroatoms. The average Bonchev–Trinajstić information content (AvgIpc) is 3.57. The van der Waals surface area contributed by atoms with Crippen LogP contribution in [0.15, 0.2) is 125 Å². The molecule has 0 bridgehead atoms. The van der Waals surface area contributed by atoms with Gasteiger partial charge in [0.05, 0.1) is 0 Å². The van der Waals surface area contributed by atoms with Crippen molar-refractivity contribution in [3.63, 3.8) is 0 Å². The first-order valence-corrected chi connectivity index (χ1v) is 16.4. The number of halogens is 2. The topological polar surface area (TPSA) is 0 Å². The third kappa shape index (κ3) is 4.13. The Bertz CT molecular complexity index is 1730. The van der Waals surface area contributed by atoms with Gasteiger partial charge in [0.1, 0.15) is 0 Å². The van der Waals surface area contributed by atoms with Gasteiger partial charge in [-0.05, 0) is 0 Å². The maximum Gasteiger partial charge on any atom is -1.00 e. The Balaban J connectivity index is 0.00000140. The quantitative estimate of drug-likeness (QED) is 0.281. The summed E-state index contributed by atoms with van der Waals surface area (Å²) in [6.07, 6.45) is 8.20. The molecule has 2 aliphatic rings. The first-order valence-electron chi connectivity index (χ1n) is 12.5. The van der Waals surface area contributed by atoms with Crippen molar-refractivity contribution in [1.82, 2.24) is 0 Å². The molecule has 0 amide bonds. The Hall–Kier alpha value is -2.57. The SMILES string of the molecule is C/[C](c1ccccc1)=[Zr+2](/[C]1=CC=CC1)[CH]1c2ccccc2-c2c1c1ccccc1c1ccccc21.[Cl-].[Cl-]. The average molecular weight is 597 g/mol. The van der Waals surface area contributed by atoms with Crippen molar-refractivity contribution in [3.8, 4) is 11.1 Å². The summed E-state index contributed by atoms with van der Waals surface area (Å²) in [6.45, 7) is 2.44. The molecule has 0 aliphatic heterocycles. The molecule has 0 saturated carbocycles. The summed E-state index contributed by atoms with van der Waals surface area (Å²) in [5.74, 6) is 0. The molecule has 0 N–H and O–H groups in total. The van der Waals surface area contributed by atoms with Gasteiger partial charge in [0.15, 0.2) is 0 Å². The van der Waals surface area contributed by atoms with Crippen LogP contribution in [0.5, 0.6) is 0 Å². The predicted molar refractivity (Wildman–Crippen MR) is 147 cm³/mol. The fraction of sp³-hybridized carbons (Fsp3) is 0.0882. The number of benzene rings is 5. The fourth-order valence-corrected chi connectivity index (χ4v) is 15.0. The van der Waals surface area contributed by atoms with Crippen LogP contribution in [0.2, 0.25) is 0 Å². The van der Waals surface area contributed by atoms with E-state index in [4.69, 9.17) is 0 Å². The summed E-state index contributed by atoms with van der Waals surface area (Å²) in [6, 6.07) is 38.6. The third-order valence-corrected chi connectivity index (χ3v) is 16.0. The van der Waals surface area contributed by atoms with E-state index in [0.29, 0.717) is 3.63 Å². The van der Waals surface area contributed by atoms with Crippen LogP contribution in [0.25, 0.3) is 32.7 Å². The van der Waals surface area contributed by atoms with E-state index in [1.807, 2.05) is 0 Å². The molecule has 37 heavy (non-hydrogen) atoms. The van der Waals surface area contributed by atoms with Crippen LogP contribution in [0, 0.1) is 0 Å². The largest absolute Gasteiger partial charge is 1.00 e. The van der Waals surface area contributed by atoms with E-state index in [0.717, 1.165) is 6.42 Å². The van der Waals surface area contributed by atoms with Gasteiger partial charge in [0.2, 0.25) is 0 Å². The molecule has 0 radical (unpaired) electrons. The second-order valence-corrected chi connectivity index (χ2v) is 16.5. The summed E-state index contributed by atoms with van der Waals surface area (Å²) in [5, 5.41) is 5.59. The van der Waals surface area contributed by atoms with E-state index in [2.05, 4.69) is 128 Å². The van der Waals surface area contributed by atoms with Crippen LogP contribution in [0.3, 0.4) is 0 Å². The number of hydrogen-bond donors (Lipinski definition) is 0. The predicted octanol–water partition coefficient (Wildman–Crippen LogP) is 2.77. The molecule has 0 aromatic heterocycles. The van der Waals surface area contributed by atoms with E-state index >= 15 is 0 Å². The summed E-state index contributed by atoms with van der Waals surface area (Å²) >= 11 is -2.40. The summed E-state index contributed by atoms with van der Waals surface area (Å²) in [7, 11) is 0. The molecule has 180 valence electrons. The van der Waals surface area contributed by atoms with Crippen LogP contribution in [0.4, 0.5) is 0 Å². The Morgan fingerprint density at radius 1 is 0.676 bits per heavy atom. The van der Waals surface area contributed by atoms with Crippen molar-refractivity contribution in [2.45, 2.75) is 17.0 Å². The van der Waals surface area contributed by atoms with Crippen molar-refractivity contribution in [2.75, 3.05) is 0 Å². The van der Waals surface area contributed by atoms with Gasteiger partial charge in [-0.3, -0.25) is 0 Å². The zero-order valence-electron chi connectivity index (χ0n) is 20.6. The van der Waals surface area contributed by atoms with Gasteiger partial charge >= 0.3 is 215 Å². The standard InChI is InChI=1S/C21H13.C8H8.C5H5.2ClH.Zr/c1-2-8-15-14(7-1)13-20-18-11-4-3-9-16(18)17-10-5-6-12-19(17)21(15)20;1-2-8-6-4-3-5-7-8;1-2-4-5-3-1;;;/h1-13H;3-7H,1H3;1-3H,4H2;2*1H;/q;;;;;+2/p-2. The molecule has 1 atom stereocenters. The van der Waals surface area contributed by atoms with Gasteiger partial charge in [0.25, 0.3) is 0 Å². The molecule has 0 heterocycles. The van der Waals surface area contributed by atoms with Crippen LogP contribution in [0.1, 0.15) is 33.7 Å². The Kier molecular flexibility index (Phi) is 7.51. The zero-order valence-corrected chi connectivity index (χ0v) is 24.6. The number of fused-ring (bicyclic) bond motifs is 8. The molecule has 5 aromatic carbocycles. The minimum atomic E-state index is -2.40. The Labute approximate surface area is 238 Å². The monoisotopic (exact) mass is 594 g/mol. The minimum absolute atomic E-state index is 0. The van der Waals surface area contributed by atoms with Gasteiger partial charge in [-0.1, -0.05) is 0 Å². The second kappa shape index (κ2) is 10.7. The van der Waals surface area contributed by atoms with Gasteiger partial charge in [-0.15, -0.1) is 0 Å². The van der Waals surface area contributed by atoms with Gasteiger partial charge < -0.3 is 24.8 Å². The van der Waals surface area contributed by atoms with E-state index in [1.165, 1.54) is 38.2 Å². The van der Waals surface area contributed by atoms with Crippen molar-refractivity contribution in [1.29, 1.82) is 0 Å². The van der Waals surface area contributed by atoms with Crippen LogP contribution in [-0.2, 0) is 21.3 Å². The molecular weight excluding hydrogens is 571 g/mol. The minimum Gasteiger partial charge on any atom is -1.00 e. The first kappa shape index (κ1) is 26.1. The van der Waals surface area contributed by atoms with Crippen molar-refractivity contribution < 1.29 is 46.1 Å². The summed E-state index contributed by atoms with van der Waals surface area (Å²) in [4.78, 5) is 0. The third-order valence-electron chi connectivity index (χ3n) is 7.82. The normalized spacial score (nSPS) is 15.4. The fourth-order valence-electron chi connectivity index (χ4n) is 6.32. The summed E-state index contributed by atoms with van der Waals surface area (Å²) in [5.41, 5.74) is 7.47. The van der Waals surface area contributed by atoms with E-state index in [-0.39, 0.29) is 24.8 Å². The molecule has 0 spiro atoms. The van der Waals surface area contributed by atoms with Crippen molar-refractivity contribution in [3.05, 3.63) is 141 Å². The molecule has 0 saturated heterocycles. The Morgan fingerprint density at radius 3 is 1.97 bits per heavy atom. The first-order chi connectivity index (χ1) is 17.3. The Morgan fingerprint density at radius 2 is 1.27 bits per heavy atom. The van der Waals surface area contributed by atoms with E-state index < -0.39 is 21.3 Å². The van der Waals surface area contributed by atoms with Crippen LogP contribution in [-0.4, -0.2) is 3.21 Å². The number of rotatable bonds is 3. The zero-order chi connectivity index (χ0) is 23.4. The molecular formula is C34H26Cl2Zr. The molecule has 7 rings (SSSR count). The summed E-state index contributed by atoms with van der Waals surface area (Å²) < 4.78 is 3.83. The van der Waals surface area contributed by atoms with Crippen LogP contribution < -0.4 is 24.8 Å². The van der Waals surface area contributed by atoms with Crippen molar-refractivity contribution >= 4 is 24.8 Å². The maximum atomic E-state index is 2.45. The van der Waals surface area contributed by atoms with Gasteiger partial charge in [0, 0.05) is 0 Å². The maximum absolute atomic E-state index is 2.45. The molecule has 1 unspecified atom stereocenters. The smallest absolute Gasteiger partial charge is 1.00 e. The van der Waals surface area contributed by atoms with Gasteiger partial charge in [-0.25, -0.2) is 0 Å². The van der Waals surface area contributed by atoms with Crippen molar-refractivity contribution in [2.24, 2.45) is 0 Å². The molecule has 2 aliphatic carbocycles. The van der Waals surface area contributed by atoms with Gasteiger partial charge in [-0.2, -0.15) is 0 Å². The van der Waals surface area contributed by atoms with E-state index in [9.17, 15) is 0 Å². The second-order valence-electron chi connectivity index (χ2n) is 9.63. The molecule has 0 nitrogen and oxygen atoms in total. The molecule has 5 aromatic rings. The number of allylic oxidation sites excluding steroid dienone is 4. The number of hydrogen-bond acceptors (Lipinski definition) is 0. The molecule has 0 fully saturated rings. The van der Waals surface area contributed by atoms with Crippen LogP contribution >= 0.6 is 0 Å².